The number of para-hydroxylation sites is 2. The van der Waals surface area contributed by atoms with E-state index < -0.39 is 0 Å². The molecule has 2 heterocycles. The molecule has 0 N–H and O–H groups in total. The van der Waals surface area contributed by atoms with Crippen LogP contribution in [0.3, 0.4) is 0 Å². The van der Waals surface area contributed by atoms with E-state index in [4.69, 9.17) is 17.6 Å². The third kappa shape index (κ3) is 4.75. The molecule has 0 radical (unpaired) electrons. The average molecular weight is 689 g/mol. The largest absolute Gasteiger partial charge is 0.297 e. The molecule has 51 heavy (non-hydrogen) atoms. The van der Waals surface area contributed by atoms with Gasteiger partial charge in [-0.05, 0) is 94.3 Å². The van der Waals surface area contributed by atoms with Gasteiger partial charge in [0.15, 0.2) is 0 Å². The Kier molecular flexibility index (Phi) is 6.92. The molecule has 7 aromatic carbocycles. The van der Waals surface area contributed by atoms with Crippen LogP contribution in [0.15, 0.2) is 162 Å². The van der Waals surface area contributed by atoms with Crippen molar-refractivity contribution in [3.8, 4) is 22.3 Å². The molecule has 0 spiro atoms. The van der Waals surface area contributed by atoms with Gasteiger partial charge in [0.2, 0.25) is 0 Å². The highest BCUT2D eigenvalue weighted by atomic mass is 32.1. The zero-order valence-corrected chi connectivity index (χ0v) is 29.7. The van der Waals surface area contributed by atoms with Crippen molar-refractivity contribution in [1.29, 1.82) is 0 Å². The van der Waals surface area contributed by atoms with Gasteiger partial charge in [-0.15, -0.1) is 24.0 Å². The van der Waals surface area contributed by atoms with Crippen LogP contribution in [-0.2, 0) is 6.42 Å². The highest BCUT2D eigenvalue weighted by molar-refractivity contribution is 7.80. The van der Waals surface area contributed by atoms with Crippen LogP contribution in [0.25, 0.3) is 69.8 Å². The molecule has 1 aliphatic carbocycles. The Labute approximate surface area is 306 Å². The molecule has 2 aromatic heterocycles. The molecule has 1 aliphatic rings. The first-order valence-corrected chi connectivity index (χ1v) is 18.5. The number of hydrogen-bond acceptors (Lipinski definition) is 3. The van der Waals surface area contributed by atoms with E-state index in [0.717, 1.165) is 50.6 Å². The van der Waals surface area contributed by atoms with Gasteiger partial charge < -0.3 is 0 Å². The van der Waals surface area contributed by atoms with E-state index >= 15 is 0 Å². The second-order valence-corrected chi connectivity index (χ2v) is 14.9. The van der Waals surface area contributed by atoms with Crippen LogP contribution in [0.4, 0.5) is 5.69 Å². The second-order valence-electron chi connectivity index (χ2n) is 13.4. The molecule has 242 valence electrons. The SMILES string of the molecule is C=C(c1ccccc1N=C(C)n1c2ccccc2c2ccc(-c3ccc4c(c3)-c3c(S)cccc3C4)cc21)c1cccc2c1sc1ccccc12. The highest BCUT2D eigenvalue weighted by Gasteiger charge is 2.22. The molecule has 0 bridgehead atoms. The fourth-order valence-electron chi connectivity index (χ4n) is 8.07. The summed E-state index contributed by atoms with van der Waals surface area (Å²) in [5.41, 5.74) is 14.0. The zero-order chi connectivity index (χ0) is 34.2. The molecular formula is C47H32N2S2. The van der Waals surface area contributed by atoms with Crippen LogP contribution in [-0.4, -0.2) is 10.4 Å². The lowest BCUT2D eigenvalue weighted by Gasteiger charge is -2.13. The number of thiol groups is 1. The number of thiophene rings is 1. The van der Waals surface area contributed by atoms with Crippen LogP contribution in [0.5, 0.6) is 0 Å². The van der Waals surface area contributed by atoms with Gasteiger partial charge in [-0.3, -0.25) is 4.57 Å². The van der Waals surface area contributed by atoms with Crippen molar-refractivity contribution in [2.75, 3.05) is 0 Å². The number of fused-ring (bicyclic) bond motifs is 9. The Bertz CT molecular complexity index is 2940. The Hall–Kier alpha value is -5.68. The standard InChI is InChI=1S/C47H32N2S2/c1-28(35-15-10-16-39-38-14-5-8-20-45(38)51-47(35)39)34-12-3-6-17-41(34)48-29(2)49-42-18-7-4-13-36(42)37-24-23-31(27-43(37)49)30-21-22-32-25-33-11-9-19-44(50)46(33)40(32)26-30/h3-24,26-27,50H,1,25H2,2H3. The Balaban J connectivity index is 1.10. The number of hydrogen-bond donors (Lipinski definition) is 1. The number of rotatable bonds is 4. The molecule has 9 aromatic rings. The van der Waals surface area contributed by atoms with E-state index in [-0.39, 0.29) is 0 Å². The predicted molar refractivity (Wildman–Crippen MR) is 222 cm³/mol. The van der Waals surface area contributed by atoms with Gasteiger partial charge in [0.05, 0.1) is 16.7 Å². The number of nitrogens with zero attached hydrogens (tertiary/aromatic N) is 2. The highest BCUT2D eigenvalue weighted by Crippen LogP contribution is 2.44. The van der Waals surface area contributed by atoms with Crippen LogP contribution >= 0.6 is 24.0 Å². The van der Waals surface area contributed by atoms with Gasteiger partial charge in [0.25, 0.3) is 0 Å². The van der Waals surface area contributed by atoms with Gasteiger partial charge in [0, 0.05) is 41.4 Å². The van der Waals surface area contributed by atoms with Crippen molar-refractivity contribution in [3.63, 3.8) is 0 Å². The number of aromatic nitrogens is 1. The van der Waals surface area contributed by atoms with Gasteiger partial charge in [-0.25, -0.2) is 4.99 Å². The Morgan fingerprint density at radius 2 is 1.35 bits per heavy atom. The minimum Gasteiger partial charge on any atom is -0.297 e. The van der Waals surface area contributed by atoms with E-state index in [1.807, 2.05) is 11.3 Å². The summed E-state index contributed by atoms with van der Waals surface area (Å²) in [7, 11) is 0. The molecule has 10 rings (SSSR count). The van der Waals surface area contributed by atoms with E-state index in [1.165, 1.54) is 64.3 Å². The van der Waals surface area contributed by atoms with Crippen molar-refractivity contribution in [2.24, 2.45) is 4.99 Å². The smallest absolute Gasteiger partial charge is 0.111 e. The first-order valence-electron chi connectivity index (χ1n) is 17.3. The van der Waals surface area contributed by atoms with Gasteiger partial charge in [0.1, 0.15) is 5.84 Å². The molecular weight excluding hydrogens is 657 g/mol. The average Bonchev–Trinajstić information content (AvgIpc) is 3.84. The van der Waals surface area contributed by atoms with Crippen molar-refractivity contribution in [3.05, 3.63) is 174 Å². The van der Waals surface area contributed by atoms with Crippen molar-refractivity contribution < 1.29 is 0 Å². The summed E-state index contributed by atoms with van der Waals surface area (Å²) in [6, 6.07) is 52.4. The molecule has 0 fully saturated rings. The minimum atomic E-state index is 0.903. The van der Waals surface area contributed by atoms with E-state index in [2.05, 4.69) is 164 Å². The third-order valence-electron chi connectivity index (χ3n) is 10.5. The second kappa shape index (κ2) is 11.7. The number of aliphatic imine (C=N–C) groups is 1. The van der Waals surface area contributed by atoms with Crippen LogP contribution < -0.4 is 0 Å². The monoisotopic (exact) mass is 688 g/mol. The first-order chi connectivity index (χ1) is 25.0. The van der Waals surface area contributed by atoms with Crippen molar-refractivity contribution >= 4 is 83.0 Å². The Morgan fingerprint density at radius 3 is 2.27 bits per heavy atom. The minimum absolute atomic E-state index is 0.903. The zero-order valence-electron chi connectivity index (χ0n) is 28.0. The normalized spacial score (nSPS) is 12.6. The van der Waals surface area contributed by atoms with Crippen molar-refractivity contribution in [1.82, 2.24) is 4.57 Å². The fourth-order valence-corrected chi connectivity index (χ4v) is 9.67. The Morgan fingerprint density at radius 1 is 0.647 bits per heavy atom. The summed E-state index contributed by atoms with van der Waals surface area (Å²) >= 11 is 6.66. The third-order valence-corrected chi connectivity index (χ3v) is 12.1. The summed E-state index contributed by atoms with van der Waals surface area (Å²) in [4.78, 5) is 6.41. The molecule has 2 nitrogen and oxygen atoms in total. The summed E-state index contributed by atoms with van der Waals surface area (Å²) in [6.07, 6.45) is 0.954. The summed E-state index contributed by atoms with van der Waals surface area (Å²) in [6.45, 7) is 6.78. The van der Waals surface area contributed by atoms with Crippen LogP contribution in [0.2, 0.25) is 0 Å². The molecule has 0 aliphatic heterocycles. The van der Waals surface area contributed by atoms with E-state index in [0.29, 0.717) is 0 Å². The summed E-state index contributed by atoms with van der Waals surface area (Å²) in [5.74, 6) is 0.904. The topological polar surface area (TPSA) is 17.3 Å². The quantitative estimate of drug-likeness (QED) is 0.108. The lowest BCUT2D eigenvalue weighted by Crippen LogP contribution is -2.07. The summed E-state index contributed by atoms with van der Waals surface area (Å²) in [5, 5.41) is 4.98. The molecule has 0 unspecified atom stereocenters. The molecule has 4 heteroatoms. The van der Waals surface area contributed by atoms with Crippen LogP contribution in [0, 0.1) is 0 Å². The first kappa shape index (κ1) is 30.2. The molecule has 0 saturated carbocycles. The van der Waals surface area contributed by atoms with Crippen molar-refractivity contribution in [2.45, 2.75) is 18.2 Å². The van der Waals surface area contributed by atoms with E-state index in [9.17, 15) is 0 Å². The molecule has 0 atom stereocenters. The van der Waals surface area contributed by atoms with Gasteiger partial charge in [-0.2, -0.15) is 0 Å². The summed E-state index contributed by atoms with van der Waals surface area (Å²) < 4.78 is 4.86. The maximum absolute atomic E-state index is 5.37. The van der Waals surface area contributed by atoms with E-state index in [1.54, 1.807) is 0 Å². The van der Waals surface area contributed by atoms with Gasteiger partial charge in [-0.1, -0.05) is 116 Å². The fraction of sp³-hybridized carbons (Fsp3) is 0.0426. The van der Waals surface area contributed by atoms with Gasteiger partial charge >= 0.3 is 0 Å². The molecule has 0 amide bonds. The maximum Gasteiger partial charge on any atom is 0.111 e. The molecule has 0 saturated heterocycles. The predicted octanol–water partition coefficient (Wildman–Crippen LogP) is 13.3. The maximum atomic E-state index is 5.37. The lowest BCUT2D eigenvalue weighted by molar-refractivity contribution is 1.23. The number of benzene rings is 7. The van der Waals surface area contributed by atoms with Crippen LogP contribution in [0.1, 0.15) is 29.2 Å². The lowest BCUT2D eigenvalue weighted by atomic mass is 9.96.